The standard InChI is InChI=1S/C9H14N4S2/c1-6(15-2)5-11-9-7(8(10)14)3-4-12-13-9/h3-4,6H,5H2,1-2H3,(H2,10,14)(H,11,13). The van der Waals surface area contributed by atoms with Crippen molar-refractivity contribution in [2.75, 3.05) is 18.1 Å². The summed E-state index contributed by atoms with van der Waals surface area (Å²) in [5.74, 6) is 0.658. The van der Waals surface area contributed by atoms with Crippen LogP contribution in [-0.2, 0) is 0 Å². The Bertz CT molecular complexity index is 343. The van der Waals surface area contributed by atoms with E-state index in [0.717, 1.165) is 12.1 Å². The van der Waals surface area contributed by atoms with Crippen LogP contribution in [-0.4, -0.2) is 33.2 Å². The van der Waals surface area contributed by atoms with Crippen LogP contribution < -0.4 is 11.1 Å². The minimum atomic E-state index is 0.337. The minimum Gasteiger partial charge on any atom is -0.389 e. The van der Waals surface area contributed by atoms with Gasteiger partial charge >= 0.3 is 0 Å². The zero-order valence-electron chi connectivity index (χ0n) is 8.73. The summed E-state index contributed by atoms with van der Waals surface area (Å²) in [4.78, 5) is 0.337. The molecule has 0 aromatic carbocycles. The lowest BCUT2D eigenvalue weighted by Gasteiger charge is -2.12. The van der Waals surface area contributed by atoms with Gasteiger partial charge in [0.2, 0.25) is 0 Å². The van der Waals surface area contributed by atoms with Crippen molar-refractivity contribution in [2.45, 2.75) is 12.2 Å². The first-order valence-corrected chi connectivity index (χ1v) is 6.23. The lowest BCUT2D eigenvalue weighted by Crippen LogP contribution is -2.19. The number of thioether (sulfide) groups is 1. The second kappa shape index (κ2) is 5.87. The molecule has 0 aliphatic rings. The Labute approximate surface area is 99.0 Å². The first-order valence-electron chi connectivity index (χ1n) is 4.53. The van der Waals surface area contributed by atoms with Crippen molar-refractivity contribution in [2.24, 2.45) is 5.73 Å². The van der Waals surface area contributed by atoms with Crippen molar-refractivity contribution in [3.05, 3.63) is 17.8 Å². The van der Waals surface area contributed by atoms with Gasteiger partial charge in [0.25, 0.3) is 0 Å². The average molecular weight is 242 g/mol. The molecule has 1 aromatic rings. The number of hydrogen-bond donors (Lipinski definition) is 2. The van der Waals surface area contributed by atoms with Crippen LogP contribution in [0.2, 0.25) is 0 Å². The van der Waals surface area contributed by atoms with Gasteiger partial charge in [0.05, 0.1) is 11.8 Å². The zero-order chi connectivity index (χ0) is 11.3. The summed E-state index contributed by atoms with van der Waals surface area (Å²) in [5, 5.41) is 11.5. The molecule has 0 fully saturated rings. The van der Waals surface area contributed by atoms with E-state index in [1.165, 1.54) is 0 Å². The molecule has 1 rings (SSSR count). The van der Waals surface area contributed by atoms with Crippen LogP contribution >= 0.6 is 24.0 Å². The molecule has 1 unspecified atom stereocenters. The van der Waals surface area contributed by atoms with E-state index in [1.807, 2.05) is 0 Å². The third-order valence-electron chi connectivity index (χ3n) is 1.95. The van der Waals surface area contributed by atoms with Crippen LogP contribution in [0.4, 0.5) is 5.82 Å². The number of rotatable bonds is 5. The molecule has 0 bridgehead atoms. The van der Waals surface area contributed by atoms with E-state index in [0.29, 0.717) is 16.1 Å². The summed E-state index contributed by atoms with van der Waals surface area (Å²) < 4.78 is 0. The van der Waals surface area contributed by atoms with Crippen LogP contribution in [0, 0.1) is 0 Å². The minimum absolute atomic E-state index is 0.337. The highest BCUT2D eigenvalue weighted by Crippen LogP contribution is 2.12. The van der Waals surface area contributed by atoms with Gasteiger partial charge in [0, 0.05) is 11.8 Å². The van der Waals surface area contributed by atoms with E-state index in [4.69, 9.17) is 18.0 Å². The zero-order valence-corrected chi connectivity index (χ0v) is 10.4. The van der Waals surface area contributed by atoms with Crippen molar-refractivity contribution in [3.8, 4) is 0 Å². The molecule has 0 aliphatic heterocycles. The molecule has 1 aromatic heterocycles. The highest BCUT2D eigenvalue weighted by Gasteiger charge is 2.07. The number of anilines is 1. The molecule has 82 valence electrons. The highest BCUT2D eigenvalue weighted by molar-refractivity contribution is 7.99. The Morgan fingerprint density at radius 1 is 1.73 bits per heavy atom. The maximum absolute atomic E-state index is 5.57. The molecular weight excluding hydrogens is 228 g/mol. The van der Waals surface area contributed by atoms with E-state index >= 15 is 0 Å². The predicted octanol–water partition coefficient (Wildman–Crippen LogP) is 1.27. The van der Waals surface area contributed by atoms with E-state index in [9.17, 15) is 0 Å². The van der Waals surface area contributed by atoms with Gasteiger partial charge in [-0.3, -0.25) is 0 Å². The van der Waals surface area contributed by atoms with Crippen LogP contribution in [0.3, 0.4) is 0 Å². The number of nitrogens with two attached hydrogens (primary N) is 1. The molecule has 1 heterocycles. The number of thiocarbonyl (C=S) groups is 1. The average Bonchev–Trinajstić information content (AvgIpc) is 2.26. The molecule has 0 radical (unpaired) electrons. The topological polar surface area (TPSA) is 63.8 Å². The van der Waals surface area contributed by atoms with Gasteiger partial charge < -0.3 is 11.1 Å². The Morgan fingerprint density at radius 2 is 2.47 bits per heavy atom. The predicted molar refractivity (Wildman–Crippen MR) is 69.4 cm³/mol. The molecule has 1 atom stereocenters. The van der Waals surface area contributed by atoms with E-state index in [1.54, 1.807) is 24.0 Å². The number of aromatic nitrogens is 2. The quantitative estimate of drug-likeness (QED) is 0.758. The molecular formula is C9H14N4S2. The summed E-state index contributed by atoms with van der Waals surface area (Å²) in [6.45, 7) is 2.95. The molecule has 0 amide bonds. The molecule has 6 heteroatoms. The Kier molecular flexibility index (Phi) is 4.77. The lowest BCUT2D eigenvalue weighted by atomic mass is 10.3. The Hall–Kier alpha value is -0.880. The molecule has 4 nitrogen and oxygen atoms in total. The molecule has 0 spiro atoms. The smallest absolute Gasteiger partial charge is 0.158 e. The first kappa shape index (κ1) is 12.2. The number of hydrogen-bond acceptors (Lipinski definition) is 5. The van der Waals surface area contributed by atoms with E-state index < -0.39 is 0 Å². The normalized spacial score (nSPS) is 12.1. The van der Waals surface area contributed by atoms with Crippen molar-refractivity contribution >= 4 is 34.8 Å². The highest BCUT2D eigenvalue weighted by atomic mass is 32.2. The van der Waals surface area contributed by atoms with Gasteiger partial charge in [-0.2, -0.15) is 16.9 Å². The van der Waals surface area contributed by atoms with Gasteiger partial charge in [0.1, 0.15) is 4.99 Å². The molecule has 0 saturated heterocycles. The van der Waals surface area contributed by atoms with Crippen LogP contribution in [0.25, 0.3) is 0 Å². The first-order chi connectivity index (χ1) is 7.15. The summed E-state index contributed by atoms with van der Waals surface area (Å²) in [7, 11) is 0. The van der Waals surface area contributed by atoms with Gasteiger partial charge in [-0.15, -0.1) is 5.10 Å². The fourth-order valence-corrected chi connectivity index (χ4v) is 1.40. The SMILES string of the molecule is CSC(C)CNc1nnccc1C(N)=S. The molecule has 3 N–H and O–H groups in total. The summed E-state index contributed by atoms with van der Waals surface area (Å²) >= 11 is 6.71. The van der Waals surface area contributed by atoms with Gasteiger partial charge in [0.15, 0.2) is 5.82 Å². The lowest BCUT2D eigenvalue weighted by molar-refractivity contribution is 0.956. The summed E-state index contributed by atoms with van der Waals surface area (Å²) in [6.07, 6.45) is 3.65. The van der Waals surface area contributed by atoms with Gasteiger partial charge in [-0.25, -0.2) is 0 Å². The summed E-state index contributed by atoms with van der Waals surface area (Å²) in [5.41, 5.74) is 6.32. The van der Waals surface area contributed by atoms with Crippen molar-refractivity contribution < 1.29 is 0 Å². The third kappa shape index (κ3) is 3.64. The van der Waals surface area contributed by atoms with Crippen LogP contribution in [0.1, 0.15) is 12.5 Å². The van der Waals surface area contributed by atoms with Crippen molar-refractivity contribution in [1.29, 1.82) is 0 Å². The molecule has 0 saturated carbocycles. The third-order valence-corrected chi connectivity index (χ3v) is 3.14. The fourth-order valence-electron chi connectivity index (χ4n) is 0.985. The largest absolute Gasteiger partial charge is 0.389 e. The maximum atomic E-state index is 5.57. The summed E-state index contributed by atoms with van der Waals surface area (Å²) in [6, 6.07) is 1.77. The van der Waals surface area contributed by atoms with Crippen LogP contribution in [0.15, 0.2) is 12.3 Å². The fraction of sp³-hybridized carbons (Fsp3) is 0.444. The molecule has 15 heavy (non-hydrogen) atoms. The van der Waals surface area contributed by atoms with Gasteiger partial charge in [-0.1, -0.05) is 19.1 Å². The Balaban J connectivity index is 2.72. The van der Waals surface area contributed by atoms with E-state index in [2.05, 4.69) is 28.7 Å². The second-order valence-corrected chi connectivity index (χ2v) is 4.80. The maximum Gasteiger partial charge on any atom is 0.158 e. The van der Waals surface area contributed by atoms with Crippen molar-refractivity contribution in [1.82, 2.24) is 10.2 Å². The van der Waals surface area contributed by atoms with Gasteiger partial charge in [-0.05, 0) is 12.3 Å². The van der Waals surface area contributed by atoms with Crippen molar-refractivity contribution in [3.63, 3.8) is 0 Å². The number of nitrogens with one attached hydrogen (secondary N) is 1. The second-order valence-electron chi connectivity index (χ2n) is 3.08. The number of nitrogens with zero attached hydrogens (tertiary/aromatic N) is 2. The Morgan fingerprint density at radius 3 is 3.07 bits per heavy atom. The van der Waals surface area contributed by atoms with E-state index in [-0.39, 0.29) is 0 Å². The monoisotopic (exact) mass is 242 g/mol. The van der Waals surface area contributed by atoms with Crippen LogP contribution in [0.5, 0.6) is 0 Å². The molecule has 0 aliphatic carbocycles.